The summed E-state index contributed by atoms with van der Waals surface area (Å²) in [5.41, 5.74) is 8.87. The molecule has 256 valence electrons. The zero-order chi connectivity index (χ0) is 36.3. The van der Waals surface area contributed by atoms with E-state index >= 15 is 0 Å². The van der Waals surface area contributed by atoms with Gasteiger partial charge in [-0.3, -0.25) is 4.57 Å². The minimum atomic E-state index is 0.592. The number of benzene rings is 9. The smallest absolute Gasteiger partial charge is 0.238 e. The molecule has 0 aliphatic heterocycles. The lowest BCUT2D eigenvalue weighted by Crippen LogP contribution is -2.06. The first kappa shape index (κ1) is 31.1. The Morgan fingerprint density at radius 3 is 1.62 bits per heavy atom. The average molecular weight is 701 g/mol. The third-order valence-corrected chi connectivity index (χ3v) is 10.8. The second-order valence-corrected chi connectivity index (χ2v) is 14.1. The van der Waals surface area contributed by atoms with Crippen LogP contribution in [-0.2, 0) is 0 Å². The Hall–Kier alpha value is -7.43. The minimum absolute atomic E-state index is 0.592. The van der Waals surface area contributed by atoms with Crippen LogP contribution in [-0.4, -0.2) is 19.5 Å². The molecule has 0 spiro atoms. The van der Waals surface area contributed by atoms with Crippen LogP contribution in [0.15, 0.2) is 194 Å². The molecular formula is C51H32N4. The largest absolute Gasteiger partial charge is 0.278 e. The van der Waals surface area contributed by atoms with Gasteiger partial charge in [0.05, 0.1) is 11.0 Å². The fraction of sp³-hybridized carbons (Fsp3) is 0. The first-order chi connectivity index (χ1) is 27.2. The molecule has 0 saturated heterocycles. The SMILES string of the molecule is c1ccc(-c2nc(-c3ccccc3)nc(-n3c4ccccc4c4c5ccc(-c6ccc7cc(-c8cccc9ccccc89)ccc7c6)cc5ccc43)n2)cc1. The Morgan fingerprint density at radius 1 is 0.309 bits per heavy atom. The molecule has 4 nitrogen and oxygen atoms in total. The second kappa shape index (κ2) is 12.6. The van der Waals surface area contributed by atoms with E-state index in [-0.39, 0.29) is 0 Å². The maximum Gasteiger partial charge on any atom is 0.238 e. The number of hydrogen-bond acceptors (Lipinski definition) is 3. The van der Waals surface area contributed by atoms with E-state index in [2.05, 4.69) is 138 Å². The Balaban J connectivity index is 1.03. The Morgan fingerprint density at radius 2 is 0.873 bits per heavy atom. The van der Waals surface area contributed by atoms with Crippen molar-refractivity contribution in [3.05, 3.63) is 194 Å². The van der Waals surface area contributed by atoms with Gasteiger partial charge >= 0.3 is 0 Å². The summed E-state index contributed by atoms with van der Waals surface area (Å²) in [6.45, 7) is 0. The van der Waals surface area contributed by atoms with Crippen molar-refractivity contribution < 1.29 is 0 Å². The molecule has 11 rings (SSSR count). The highest BCUT2D eigenvalue weighted by Gasteiger charge is 2.19. The summed E-state index contributed by atoms with van der Waals surface area (Å²) in [6, 6.07) is 68.9. The third kappa shape index (κ3) is 5.26. The van der Waals surface area contributed by atoms with Crippen LogP contribution in [0.4, 0.5) is 0 Å². The fourth-order valence-corrected chi connectivity index (χ4v) is 8.16. The van der Waals surface area contributed by atoms with Gasteiger partial charge in [0.1, 0.15) is 0 Å². The number of rotatable bonds is 5. The van der Waals surface area contributed by atoms with Gasteiger partial charge in [-0.1, -0.05) is 164 Å². The quantitative estimate of drug-likeness (QED) is 0.179. The van der Waals surface area contributed by atoms with Crippen LogP contribution in [0.2, 0.25) is 0 Å². The van der Waals surface area contributed by atoms with Gasteiger partial charge in [-0.05, 0) is 84.9 Å². The molecule has 0 fully saturated rings. The minimum Gasteiger partial charge on any atom is -0.278 e. The van der Waals surface area contributed by atoms with Crippen LogP contribution in [0.1, 0.15) is 0 Å². The van der Waals surface area contributed by atoms with E-state index in [0.717, 1.165) is 27.5 Å². The van der Waals surface area contributed by atoms with E-state index in [1.165, 1.54) is 60.0 Å². The van der Waals surface area contributed by atoms with Crippen LogP contribution >= 0.6 is 0 Å². The van der Waals surface area contributed by atoms with Gasteiger partial charge in [0.15, 0.2) is 11.6 Å². The molecule has 0 atom stereocenters. The summed E-state index contributed by atoms with van der Waals surface area (Å²) < 4.78 is 2.19. The molecule has 55 heavy (non-hydrogen) atoms. The molecule has 0 saturated carbocycles. The molecule has 0 N–H and O–H groups in total. The normalized spacial score (nSPS) is 11.6. The molecular weight excluding hydrogens is 669 g/mol. The number of aromatic nitrogens is 4. The summed E-state index contributed by atoms with van der Waals surface area (Å²) >= 11 is 0. The Labute approximate surface area is 317 Å². The van der Waals surface area contributed by atoms with E-state index in [1.807, 2.05) is 60.7 Å². The number of para-hydroxylation sites is 1. The van der Waals surface area contributed by atoms with Crippen LogP contribution in [0.5, 0.6) is 0 Å². The molecule has 2 aromatic heterocycles. The van der Waals surface area contributed by atoms with Crippen molar-refractivity contribution in [3.63, 3.8) is 0 Å². The maximum absolute atomic E-state index is 5.11. The summed E-state index contributed by atoms with van der Waals surface area (Å²) in [5.74, 6) is 1.87. The summed E-state index contributed by atoms with van der Waals surface area (Å²) in [4.78, 5) is 15.2. The highest BCUT2D eigenvalue weighted by Crippen LogP contribution is 2.39. The van der Waals surface area contributed by atoms with Gasteiger partial charge in [0.2, 0.25) is 5.95 Å². The number of hydrogen-bond donors (Lipinski definition) is 0. The first-order valence-corrected chi connectivity index (χ1v) is 18.6. The Bertz CT molecular complexity index is 3190. The lowest BCUT2D eigenvalue weighted by atomic mass is 9.94. The maximum atomic E-state index is 5.11. The third-order valence-electron chi connectivity index (χ3n) is 10.8. The number of fused-ring (bicyclic) bond motifs is 7. The van der Waals surface area contributed by atoms with Crippen molar-refractivity contribution >= 4 is 54.1 Å². The van der Waals surface area contributed by atoms with Gasteiger partial charge in [0.25, 0.3) is 0 Å². The lowest BCUT2D eigenvalue weighted by Gasteiger charge is -2.11. The van der Waals surface area contributed by atoms with Gasteiger partial charge in [0, 0.05) is 21.9 Å². The van der Waals surface area contributed by atoms with Crippen LogP contribution in [0, 0.1) is 0 Å². The fourth-order valence-electron chi connectivity index (χ4n) is 8.16. The molecule has 0 aliphatic rings. The molecule has 0 aliphatic carbocycles. The molecule has 11 aromatic rings. The highest BCUT2D eigenvalue weighted by molar-refractivity contribution is 6.21. The highest BCUT2D eigenvalue weighted by atomic mass is 15.2. The van der Waals surface area contributed by atoms with Crippen molar-refractivity contribution in [2.75, 3.05) is 0 Å². The molecule has 0 radical (unpaired) electrons. The van der Waals surface area contributed by atoms with E-state index in [4.69, 9.17) is 15.0 Å². The standard InChI is InChI=1S/C51H32N4/c1-3-13-34(14-4-1)49-52-50(35-15-5-2-6-16-35)54-51(53-49)55-46-21-10-9-19-45(46)48-44-28-26-39(32-41(44)27-29-47(48)55)36-22-23-38-31-40(25-24-37(38)30-36)43-20-11-17-33-12-7-8-18-42(33)43/h1-32H. The van der Waals surface area contributed by atoms with Crippen LogP contribution < -0.4 is 0 Å². The average Bonchev–Trinajstić information content (AvgIpc) is 3.61. The van der Waals surface area contributed by atoms with E-state index in [1.54, 1.807) is 0 Å². The van der Waals surface area contributed by atoms with Crippen LogP contribution in [0.25, 0.3) is 105 Å². The van der Waals surface area contributed by atoms with E-state index in [0.29, 0.717) is 17.6 Å². The van der Waals surface area contributed by atoms with Gasteiger partial charge in [-0.2, -0.15) is 9.97 Å². The molecule has 0 bridgehead atoms. The van der Waals surface area contributed by atoms with E-state index < -0.39 is 0 Å². The van der Waals surface area contributed by atoms with Crippen molar-refractivity contribution in [3.8, 4) is 51.0 Å². The van der Waals surface area contributed by atoms with Crippen molar-refractivity contribution in [1.82, 2.24) is 19.5 Å². The molecule has 4 heteroatoms. The summed E-state index contributed by atoms with van der Waals surface area (Å²) in [5, 5.41) is 9.71. The predicted octanol–water partition coefficient (Wildman–Crippen LogP) is 13.1. The predicted molar refractivity (Wildman–Crippen MR) is 228 cm³/mol. The topological polar surface area (TPSA) is 43.6 Å². The van der Waals surface area contributed by atoms with Crippen molar-refractivity contribution in [2.24, 2.45) is 0 Å². The molecule has 9 aromatic carbocycles. The van der Waals surface area contributed by atoms with Gasteiger partial charge in [-0.15, -0.1) is 0 Å². The zero-order valence-electron chi connectivity index (χ0n) is 29.8. The molecule has 0 amide bonds. The first-order valence-electron chi connectivity index (χ1n) is 18.6. The molecule has 2 heterocycles. The van der Waals surface area contributed by atoms with Gasteiger partial charge in [-0.25, -0.2) is 4.98 Å². The Kier molecular flexibility index (Phi) is 7.14. The second-order valence-electron chi connectivity index (χ2n) is 14.1. The summed E-state index contributed by atoms with van der Waals surface area (Å²) in [7, 11) is 0. The monoisotopic (exact) mass is 700 g/mol. The van der Waals surface area contributed by atoms with E-state index in [9.17, 15) is 0 Å². The lowest BCUT2D eigenvalue weighted by molar-refractivity contribution is 0.953. The number of nitrogens with zero attached hydrogens (tertiary/aromatic N) is 4. The molecule has 0 unspecified atom stereocenters. The summed E-state index contributed by atoms with van der Waals surface area (Å²) in [6.07, 6.45) is 0. The van der Waals surface area contributed by atoms with Gasteiger partial charge < -0.3 is 0 Å². The van der Waals surface area contributed by atoms with Crippen molar-refractivity contribution in [1.29, 1.82) is 0 Å². The van der Waals surface area contributed by atoms with Crippen molar-refractivity contribution in [2.45, 2.75) is 0 Å². The zero-order valence-corrected chi connectivity index (χ0v) is 29.8. The van der Waals surface area contributed by atoms with Crippen LogP contribution in [0.3, 0.4) is 0 Å².